The Kier molecular flexibility index (Phi) is 4.83. The number of nitrogens with zero attached hydrogens (tertiary/aromatic N) is 1. The van der Waals surface area contributed by atoms with E-state index in [1.807, 2.05) is 0 Å². The van der Waals surface area contributed by atoms with E-state index in [4.69, 9.17) is 10.1 Å². The van der Waals surface area contributed by atoms with Gasteiger partial charge < -0.3 is 10.1 Å². The van der Waals surface area contributed by atoms with Gasteiger partial charge in [-0.05, 0) is 27.7 Å². The molecule has 0 aliphatic heterocycles. The van der Waals surface area contributed by atoms with Gasteiger partial charge in [-0.25, -0.2) is 0 Å². The van der Waals surface area contributed by atoms with Crippen molar-refractivity contribution in [2.45, 2.75) is 33.3 Å². The number of esters is 1. The molecule has 5 heteroatoms. The fourth-order valence-electron chi connectivity index (χ4n) is 0.639. The molecule has 0 bridgehead atoms. The third-order valence-corrected chi connectivity index (χ3v) is 1.11. The van der Waals surface area contributed by atoms with Gasteiger partial charge >= 0.3 is 5.97 Å². The van der Waals surface area contributed by atoms with E-state index in [0.29, 0.717) is 5.71 Å². The largest absolute Gasteiger partial charge is 0.459 e. The van der Waals surface area contributed by atoms with Crippen LogP contribution in [0.1, 0.15) is 27.7 Å². The van der Waals surface area contributed by atoms with Gasteiger partial charge in [0.15, 0.2) is 0 Å². The second kappa shape index (κ2) is 5.36. The maximum atomic E-state index is 11.1. The van der Waals surface area contributed by atoms with Crippen LogP contribution in [0.25, 0.3) is 0 Å². The Morgan fingerprint density at radius 1 is 1.57 bits per heavy atom. The number of carbonyl (C=O) groups is 1. The molecule has 0 saturated carbocycles. The van der Waals surface area contributed by atoms with E-state index in [1.54, 1.807) is 27.7 Å². The van der Waals surface area contributed by atoms with Crippen LogP contribution in [0.3, 0.4) is 0 Å². The summed E-state index contributed by atoms with van der Waals surface area (Å²) in [7, 11) is 0. The van der Waals surface area contributed by atoms with E-state index in [-0.39, 0.29) is 12.5 Å². The van der Waals surface area contributed by atoms with E-state index in [0.717, 1.165) is 6.21 Å². The number of nitrogens with one attached hydrogen (secondary N) is 2. The molecule has 0 aromatic rings. The number of hydrazone groups is 1. The molecule has 14 heavy (non-hydrogen) atoms. The molecule has 0 fully saturated rings. The molecule has 0 radical (unpaired) electrons. The summed E-state index contributed by atoms with van der Waals surface area (Å²) in [4.78, 5) is 11.1. The maximum absolute atomic E-state index is 11.1. The summed E-state index contributed by atoms with van der Waals surface area (Å²) in [6, 6.07) is 0. The lowest BCUT2D eigenvalue weighted by Gasteiger charge is -2.19. The van der Waals surface area contributed by atoms with Crippen LogP contribution in [-0.2, 0) is 9.53 Å². The van der Waals surface area contributed by atoms with Gasteiger partial charge in [-0.15, -0.1) is 0 Å². The van der Waals surface area contributed by atoms with Gasteiger partial charge in [0, 0.05) is 6.21 Å². The number of hydrogen-bond donors (Lipinski definition) is 2. The summed E-state index contributed by atoms with van der Waals surface area (Å²) in [5.74, 6) is -0.362. The first-order chi connectivity index (χ1) is 6.35. The summed E-state index contributed by atoms with van der Waals surface area (Å²) in [6.45, 7) is 7.09. The Balaban J connectivity index is 3.81. The van der Waals surface area contributed by atoms with E-state index in [2.05, 4.69) is 10.5 Å². The number of rotatable bonds is 4. The van der Waals surface area contributed by atoms with Gasteiger partial charge in [0.05, 0.1) is 5.71 Å². The molecule has 0 aliphatic rings. The minimum absolute atomic E-state index is 0.0163. The zero-order valence-electron chi connectivity index (χ0n) is 9.05. The van der Waals surface area contributed by atoms with Crippen LogP contribution < -0.4 is 5.43 Å². The van der Waals surface area contributed by atoms with Crippen molar-refractivity contribution in [3.05, 3.63) is 0 Å². The lowest BCUT2D eigenvalue weighted by molar-refractivity contribution is -0.153. The SMILES string of the molecule is C/C(C=N)=N/NCC(=O)OC(C)(C)C. The predicted octanol–water partition coefficient (Wildman–Crippen LogP) is 0.943. The molecule has 0 heterocycles. The molecule has 0 aliphatic carbocycles. The van der Waals surface area contributed by atoms with Crippen LogP contribution in [0, 0.1) is 5.41 Å². The molecule has 0 rings (SSSR count). The second-order valence-electron chi connectivity index (χ2n) is 3.82. The third-order valence-electron chi connectivity index (χ3n) is 1.11. The Morgan fingerprint density at radius 3 is 2.57 bits per heavy atom. The number of carbonyl (C=O) groups excluding carboxylic acids is 1. The minimum Gasteiger partial charge on any atom is -0.459 e. The smallest absolute Gasteiger partial charge is 0.327 e. The van der Waals surface area contributed by atoms with E-state index in [9.17, 15) is 4.79 Å². The molecule has 0 amide bonds. The fourth-order valence-corrected chi connectivity index (χ4v) is 0.639. The van der Waals surface area contributed by atoms with E-state index < -0.39 is 5.60 Å². The standard InChI is InChI=1S/C9H17N3O2/c1-7(5-10)12-11-6-8(13)14-9(2,3)4/h5,10-11H,6H2,1-4H3/b10-5?,12-7-. The molecular formula is C9H17N3O2. The van der Waals surface area contributed by atoms with Crippen molar-refractivity contribution in [2.24, 2.45) is 5.10 Å². The van der Waals surface area contributed by atoms with Gasteiger partial charge in [-0.3, -0.25) is 10.2 Å². The van der Waals surface area contributed by atoms with Crippen LogP contribution in [-0.4, -0.2) is 30.0 Å². The number of hydrogen-bond acceptors (Lipinski definition) is 5. The molecule has 0 saturated heterocycles. The molecule has 0 unspecified atom stereocenters. The molecule has 0 aromatic carbocycles. The van der Waals surface area contributed by atoms with Crippen molar-refractivity contribution >= 4 is 17.9 Å². The van der Waals surface area contributed by atoms with Crippen molar-refractivity contribution in [3.8, 4) is 0 Å². The highest BCUT2D eigenvalue weighted by Crippen LogP contribution is 2.05. The molecule has 5 nitrogen and oxygen atoms in total. The van der Waals surface area contributed by atoms with Gasteiger partial charge in [0.1, 0.15) is 12.1 Å². The van der Waals surface area contributed by atoms with Crippen molar-refractivity contribution < 1.29 is 9.53 Å². The maximum Gasteiger partial charge on any atom is 0.327 e. The normalized spacial score (nSPS) is 12.1. The van der Waals surface area contributed by atoms with Crippen LogP contribution >= 0.6 is 0 Å². The minimum atomic E-state index is -0.473. The number of ether oxygens (including phenoxy) is 1. The Hall–Kier alpha value is -1.39. The molecule has 0 aromatic heterocycles. The lowest BCUT2D eigenvalue weighted by Crippen LogP contribution is -2.30. The van der Waals surface area contributed by atoms with Crippen molar-refractivity contribution in [2.75, 3.05) is 6.54 Å². The van der Waals surface area contributed by atoms with Crippen molar-refractivity contribution in [3.63, 3.8) is 0 Å². The van der Waals surface area contributed by atoms with Gasteiger partial charge in [-0.2, -0.15) is 5.10 Å². The molecule has 0 atom stereocenters. The topological polar surface area (TPSA) is 74.5 Å². The van der Waals surface area contributed by atoms with Crippen LogP contribution in [0.15, 0.2) is 5.10 Å². The van der Waals surface area contributed by atoms with E-state index in [1.165, 1.54) is 0 Å². The monoisotopic (exact) mass is 199 g/mol. The fraction of sp³-hybridized carbons (Fsp3) is 0.667. The highest BCUT2D eigenvalue weighted by Gasteiger charge is 2.15. The quantitative estimate of drug-likeness (QED) is 0.402. The lowest BCUT2D eigenvalue weighted by atomic mass is 10.2. The first-order valence-corrected chi connectivity index (χ1v) is 4.34. The first kappa shape index (κ1) is 12.6. The highest BCUT2D eigenvalue weighted by atomic mass is 16.6. The summed E-state index contributed by atoms with van der Waals surface area (Å²) < 4.78 is 5.03. The summed E-state index contributed by atoms with van der Waals surface area (Å²) in [5, 5.41) is 10.6. The van der Waals surface area contributed by atoms with Crippen LogP contribution in [0.2, 0.25) is 0 Å². The van der Waals surface area contributed by atoms with E-state index >= 15 is 0 Å². The Labute approximate surface area is 84.0 Å². The predicted molar refractivity (Wildman–Crippen MR) is 55.7 cm³/mol. The molecule has 0 spiro atoms. The van der Waals surface area contributed by atoms with Gasteiger partial charge in [0.25, 0.3) is 0 Å². The summed E-state index contributed by atoms with van der Waals surface area (Å²) >= 11 is 0. The Morgan fingerprint density at radius 2 is 2.14 bits per heavy atom. The average Bonchev–Trinajstić information content (AvgIpc) is 2.00. The van der Waals surface area contributed by atoms with Crippen molar-refractivity contribution in [1.29, 1.82) is 5.41 Å². The van der Waals surface area contributed by atoms with Crippen molar-refractivity contribution in [1.82, 2.24) is 5.43 Å². The first-order valence-electron chi connectivity index (χ1n) is 4.34. The molecule has 2 N–H and O–H groups in total. The van der Waals surface area contributed by atoms with Crippen LogP contribution in [0.4, 0.5) is 0 Å². The highest BCUT2D eigenvalue weighted by molar-refractivity contribution is 6.28. The average molecular weight is 199 g/mol. The molecular weight excluding hydrogens is 182 g/mol. The zero-order chi connectivity index (χ0) is 11.2. The zero-order valence-corrected chi connectivity index (χ0v) is 9.05. The second-order valence-corrected chi connectivity index (χ2v) is 3.82. The molecule has 80 valence electrons. The third kappa shape index (κ3) is 7.27. The summed E-state index contributed by atoms with van der Waals surface area (Å²) in [6.07, 6.45) is 1.10. The summed E-state index contributed by atoms with van der Waals surface area (Å²) in [5.41, 5.74) is 2.56. The Bertz CT molecular complexity index is 241. The van der Waals surface area contributed by atoms with Crippen LogP contribution in [0.5, 0.6) is 0 Å². The van der Waals surface area contributed by atoms with Gasteiger partial charge in [0.2, 0.25) is 0 Å². The van der Waals surface area contributed by atoms with Gasteiger partial charge in [-0.1, -0.05) is 0 Å².